The van der Waals surface area contributed by atoms with E-state index in [1.165, 1.54) is 42.1 Å². The lowest BCUT2D eigenvalue weighted by atomic mass is 9.71. The molecule has 3 heterocycles. The Bertz CT molecular complexity index is 1020. The second-order valence-electron chi connectivity index (χ2n) is 9.91. The molecule has 5 heteroatoms. The number of aromatic nitrogens is 1. The molecule has 3 atom stereocenters. The molecule has 170 valence electrons. The van der Waals surface area contributed by atoms with Gasteiger partial charge < -0.3 is 0 Å². The van der Waals surface area contributed by atoms with Gasteiger partial charge in [-0.3, -0.25) is 9.88 Å². The van der Waals surface area contributed by atoms with Gasteiger partial charge in [-0.25, -0.2) is 0 Å². The Balaban J connectivity index is 1.28. The highest BCUT2D eigenvalue weighted by atomic mass is 19.4. The number of fused-ring (bicyclic) bond motifs is 5. The smallest absolute Gasteiger partial charge is 0.296 e. The maximum Gasteiger partial charge on any atom is 0.433 e. The Kier molecular flexibility index (Phi) is 5.65. The van der Waals surface area contributed by atoms with Crippen molar-refractivity contribution in [2.75, 3.05) is 7.05 Å². The minimum atomic E-state index is -4.37. The molecule has 0 radical (unpaired) electrons. The number of rotatable bonds is 5. The normalized spacial score (nSPS) is 25.1. The van der Waals surface area contributed by atoms with Gasteiger partial charge in [-0.1, -0.05) is 41.8 Å². The molecule has 32 heavy (non-hydrogen) atoms. The number of unbranched alkanes of at least 4 members (excludes halogenated alkanes) is 1. The fourth-order valence-corrected chi connectivity index (χ4v) is 6.17. The highest BCUT2D eigenvalue weighted by Crippen LogP contribution is 2.50. The van der Waals surface area contributed by atoms with Crippen molar-refractivity contribution < 1.29 is 13.2 Å². The number of halogens is 3. The number of benzene rings is 1. The molecule has 1 aliphatic carbocycles. The number of pyridine rings is 1. The topological polar surface area (TPSA) is 16.1 Å². The van der Waals surface area contributed by atoms with Gasteiger partial charge in [0.1, 0.15) is 5.69 Å². The molecule has 0 saturated carbocycles. The molecule has 2 aliphatic heterocycles. The molecule has 2 bridgehead atoms. The van der Waals surface area contributed by atoms with E-state index in [1.807, 2.05) is 0 Å². The molecule has 1 saturated heterocycles. The van der Waals surface area contributed by atoms with Gasteiger partial charge in [-0.15, -0.1) is 0 Å². The Labute approximate surface area is 188 Å². The molecular formula is C27H31F3N2. The minimum Gasteiger partial charge on any atom is -0.296 e. The Morgan fingerprint density at radius 3 is 2.66 bits per heavy atom. The maximum atomic E-state index is 12.7. The van der Waals surface area contributed by atoms with Crippen molar-refractivity contribution in [3.05, 3.63) is 70.0 Å². The summed E-state index contributed by atoms with van der Waals surface area (Å²) in [6, 6.07) is 10.9. The lowest BCUT2D eigenvalue weighted by molar-refractivity contribution is -0.141. The van der Waals surface area contributed by atoms with E-state index < -0.39 is 11.9 Å². The highest BCUT2D eigenvalue weighted by molar-refractivity contribution is 5.79. The van der Waals surface area contributed by atoms with Gasteiger partial charge in [0, 0.05) is 18.3 Å². The molecule has 1 aromatic heterocycles. The van der Waals surface area contributed by atoms with Gasteiger partial charge >= 0.3 is 6.18 Å². The molecule has 2 nitrogen and oxygen atoms in total. The van der Waals surface area contributed by atoms with E-state index in [-0.39, 0.29) is 0 Å². The average molecular weight is 441 g/mol. The molecule has 0 N–H and O–H groups in total. The first-order valence-corrected chi connectivity index (χ1v) is 11.9. The third-order valence-electron chi connectivity index (χ3n) is 7.87. The summed E-state index contributed by atoms with van der Waals surface area (Å²) in [5.74, 6) is 0.600. The molecule has 1 fully saturated rings. The van der Waals surface area contributed by atoms with Gasteiger partial charge in [0.25, 0.3) is 0 Å². The summed E-state index contributed by atoms with van der Waals surface area (Å²) in [5.41, 5.74) is 7.71. The van der Waals surface area contributed by atoms with Gasteiger partial charge in [0.2, 0.25) is 0 Å². The van der Waals surface area contributed by atoms with Crippen LogP contribution in [0.1, 0.15) is 66.5 Å². The molecule has 0 spiro atoms. The maximum absolute atomic E-state index is 12.7. The molecule has 3 aliphatic rings. The third kappa shape index (κ3) is 4.00. The summed E-state index contributed by atoms with van der Waals surface area (Å²) in [4.78, 5) is 6.20. The number of alkyl halides is 3. The number of nitrogens with zero attached hydrogens (tertiary/aromatic N) is 2. The standard InChI is InChI=1S/C27H31F3N2/c1-17-7-9-20-14-19(6-4-3-5-18-8-12-25(31-16-18)27(28,29)30)23-15-21-10-11-24(32(21)2)26(23)22(20)13-17/h7-9,12-13,16,19,21,24H,3-6,10-11,14-15H2,1-2H3. The zero-order chi connectivity index (χ0) is 22.5. The van der Waals surface area contributed by atoms with Crippen molar-refractivity contribution in [3.8, 4) is 0 Å². The van der Waals surface area contributed by atoms with Crippen molar-refractivity contribution in [3.63, 3.8) is 0 Å². The van der Waals surface area contributed by atoms with Crippen LogP contribution in [0.2, 0.25) is 0 Å². The van der Waals surface area contributed by atoms with Crippen LogP contribution < -0.4 is 0 Å². The van der Waals surface area contributed by atoms with E-state index in [2.05, 4.69) is 42.1 Å². The number of hydrogen-bond donors (Lipinski definition) is 0. The fraction of sp³-hybridized carbons (Fsp3) is 0.519. The third-order valence-corrected chi connectivity index (χ3v) is 7.87. The van der Waals surface area contributed by atoms with Crippen LogP contribution in [0.3, 0.4) is 0 Å². The largest absolute Gasteiger partial charge is 0.433 e. The Morgan fingerprint density at radius 2 is 1.91 bits per heavy atom. The van der Waals surface area contributed by atoms with Crippen molar-refractivity contribution in [2.24, 2.45) is 5.92 Å². The minimum absolute atomic E-state index is 0.560. The second-order valence-corrected chi connectivity index (χ2v) is 9.91. The van der Waals surface area contributed by atoms with Gasteiger partial charge in [0.05, 0.1) is 0 Å². The van der Waals surface area contributed by atoms with Gasteiger partial charge in [-0.2, -0.15) is 13.2 Å². The van der Waals surface area contributed by atoms with Crippen molar-refractivity contribution >= 4 is 5.57 Å². The monoisotopic (exact) mass is 440 g/mol. The van der Waals surface area contributed by atoms with Gasteiger partial charge in [-0.05, 0) is 93.2 Å². The molecule has 3 unspecified atom stereocenters. The first-order chi connectivity index (χ1) is 15.3. The van der Waals surface area contributed by atoms with Crippen molar-refractivity contribution in [1.29, 1.82) is 0 Å². The van der Waals surface area contributed by atoms with Crippen LogP contribution >= 0.6 is 0 Å². The van der Waals surface area contributed by atoms with Crippen LogP contribution in [0.15, 0.2) is 42.1 Å². The number of likely N-dealkylation sites (N-methyl/N-ethyl adjacent to an activating group) is 1. The number of aryl methyl sites for hydroxylation is 2. The van der Waals surface area contributed by atoms with E-state index in [4.69, 9.17) is 0 Å². The van der Waals surface area contributed by atoms with E-state index in [0.29, 0.717) is 18.0 Å². The SMILES string of the molecule is Cc1ccc2c(c1)C1=C(CC3CCC1N3C)C(CCCCc1ccc(C(F)(F)F)nc1)C2. The predicted octanol–water partition coefficient (Wildman–Crippen LogP) is 6.61. The summed E-state index contributed by atoms with van der Waals surface area (Å²) in [6.07, 6.45) is 5.92. The average Bonchev–Trinajstić information content (AvgIpc) is 2.99. The summed E-state index contributed by atoms with van der Waals surface area (Å²) in [5, 5.41) is 0. The first-order valence-electron chi connectivity index (χ1n) is 11.9. The molecule has 0 amide bonds. The van der Waals surface area contributed by atoms with Crippen LogP contribution in [0, 0.1) is 12.8 Å². The Morgan fingerprint density at radius 1 is 1.06 bits per heavy atom. The first kappa shape index (κ1) is 21.7. The summed E-state index contributed by atoms with van der Waals surface area (Å²) >= 11 is 0. The van der Waals surface area contributed by atoms with Crippen molar-refractivity contribution in [2.45, 2.75) is 76.6 Å². The summed E-state index contributed by atoms with van der Waals surface area (Å²) < 4.78 is 38.1. The lowest BCUT2D eigenvalue weighted by Crippen LogP contribution is -2.40. The molecular weight excluding hydrogens is 409 g/mol. The number of hydrogen-bond acceptors (Lipinski definition) is 2. The van der Waals surface area contributed by atoms with E-state index in [9.17, 15) is 13.2 Å². The fourth-order valence-electron chi connectivity index (χ4n) is 6.17. The zero-order valence-electron chi connectivity index (χ0n) is 18.9. The van der Waals surface area contributed by atoms with E-state index >= 15 is 0 Å². The van der Waals surface area contributed by atoms with Crippen LogP contribution in [0.5, 0.6) is 0 Å². The van der Waals surface area contributed by atoms with Crippen LogP contribution in [0.25, 0.3) is 5.57 Å². The van der Waals surface area contributed by atoms with Crippen LogP contribution in [-0.4, -0.2) is 29.0 Å². The van der Waals surface area contributed by atoms with Gasteiger partial charge in [0.15, 0.2) is 0 Å². The molecule has 2 aromatic rings. The lowest BCUT2D eigenvalue weighted by Gasteiger charge is -2.42. The quantitative estimate of drug-likeness (QED) is 0.486. The Hall–Kier alpha value is -2.14. The van der Waals surface area contributed by atoms with E-state index in [1.54, 1.807) is 17.2 Å². The summed E-state index contributed by atoms with van der Waals surface area (Å²) in [7, 11) is 2.29. The molecule has 1 aromatic carbocycles. The highest BCUT2D eigenvalue weighted by Gasteiger charge is 2.43. The molecule has 5 rings (SSSR count). The van der Waals surface area contributed by atoms with Crippen molar-refractivity contribution in [1.82, 2.24) is 9.88 Å². The zero-order valence-corrected chi connectivity index (χ0v) is 18.9. The summed E-state index contributed by atoms with van der Waals surface area (Å²) in [6.45, 7) is 2.19. The van der Waals surface area contributed by atoms with E-state index in [0.717, 1.165) is 43.7 Å². The van der Waals surface area contributed by atoms with Crippen LogP contribution in [-0.2, 0) is 19.0 Å². The second kappa shape index (κ2) is 8.33. The van der Waals surface area contributed by atoms with Crippen LogP contribution in [0.4, 0.5) is 13.2 Å². The predicted molar refractivity (Wildman–Crippen MR) is 121 cm³/mol.